The molecule has 2 aromatic carbocycles. The summed E-state index contributed by atoms with van der Waals surface area (Å²) < 4.78 is 43.6. The molecule has 15 nitrogen and oxygen atoms in total. The summed E-state index contributed by atoms with van der Waals surface area (Å²) in [5, 5.41) is 28.5. The van der Waals surface area contributed by atoms with E-state index in [1.807, 2.05) is 12.1 Å². The van der Waals surface area contributed by atoms with E-state index in [9.17, 15) is 29.2 Å². The molecule has 270 valence electrons. The van der Waals surface area contributed by atoms with Crippen LogP contribution in [0.3, 0.4) is 0 Å². The summed E-state index contributed by atoms with van der Waals surface area (Å²) in [5.74, 6) is -1.34. The van der Waals surface area contributed by atoms with Crippen molar-refractivity contribution in [2.75, 3.05) is 26.9 Å². The van der Waals surface area contributed by atoms with Crippen LogP contribution >= 0.6 is 7.67 Å². The van der Waals surface area contributed by atoms with Gasteiger partial charge in [0.1, 0.15) is 41.5 Å². The number of hydrogen-bond donors (Lipinski definition) is 4. The van der Waals surface area contributed by atoms with Crippen molar-refractivity contribution in [3.63, 3.8) is 0 Å². The van der Waals surface area contributed by atoms with E-state index < -0.39 is 73.4 Å². The molecule has 5 rings (SSSR count). The van der Waals surface area contributed by atoms with Gasteiger partial charge in [0.2, 0.25) is 5.88 Å². The van der Waals surface area contributed by atoms with Gasteiger partial charge in [0.15, 0.2) is 0 Å². The Labute approximate surface area is 289 Å². The fourth-order valence-electron chi connectivity index (χ4n) is 6.41. The summed E-state index contributed by atoms with van der Waals surface area (Å²) >= 11 is 0. The van der Waals surface area contributed by atoms with Crippen LogP contribution in [0, 0.1) is 0 Å². The second kappa shape index (κ2) is 15.5. The molecule has 0 amide bonds. The number of ether oxygens (including phenoxy) is 4. The highest BCUT2D eigenvalue weighted by molar-refractivity contribution is 7.54. The average Bonchev–Trinajstić information content (AvgIpc) is 3.51. The van der Waals surface area contributed by atoms with Crippen molar-refractivity contribution < 1.29 is 47.8 Å². The molecule has 16 heteroatoms. The lowest BCUT2D eigenvalue weighted by Crippen LogP contribution is -2.47. The second-order valence-corrected chi connectivity index (χ2v) is 14.1. The molecule has 1 saturated carbocycles. The van der Waals surface area contributed by atoms with Crippen molar-refractivity contribution in [3.05, 3.63) is 94.5 Å². The Kier molecular flexibility index (Phi) is 11.6. The third-order valence-corrected chi connectivity index (χ3v) is 10.7. The molecule has 50 heavy (non-hydrogen) atoms. The Balaban J connectivity index is 1.41. The number of rotatable bonds is 17. The summed E-state index contributed by atoms with van der Waals surface area (Å²) in [4.78, 5) is 42.9. The van der Waals surface area contributed by atoms with Crippen LogP contribution in [0.25, 0.3) is 0 Å². The van der Waals surface area contributed by atoms with Gasteiger partial charge < -0.3 is 33.7 Å². The van der Waals surface area contributed by atoms with Gasteiger partial charge >= 0.3 is 25.3 Å². The lowest BCUT2D eigenvalue weighted by molar-refractivity contribution is -0.145. The van der Waals surface area contributed by atoms with Gasteiger partial charge in [0.05, 0.1) is 26.9 Å². The number of nitrogens with zero attached hydrogens (tertiary/aromatic N) is 2. The van der Waals surface area contributed by atoms with Crippen LogP contribution in [0.4, 0.5) is 0 Å². The second-order valence-electron chi connectivity index (χ2n) is 12.2. The molecule has 2 aliphatic rings. The Morgan fingerprint density at radius 2 is 1.48 bits per heavy atom. The number of carbonyl (C=O) groups is 2. The molecular weight excluding hydrogens is 671 g/mol. The van der Waals surface area contributed by atoms with E-state index in [2.05, 4.69) is 15.2 Å². The van der Waals surface area contributed by atoms with E-state index in [0.717, 1.165) is 15.7 Å². The van der Waals surface area contributed by atoms with Crippen molar-refractivity contribution in [3.8, 4) is 5.88 Å². The zero-order chi connectivity index (χ0) is 36.1. The first-order valence-electron chi connectivity index (χ1n) is 16.3. The Hall–Kier alpha value is -3.95. The number of methoxy groups -OCH3 is 1. The molecule has 1 aliphatic carbocycles. The van der Waals surface area contributed by atoms with Gasteiger partial charge in [-0.3, -0.25) is 18.7 Å². The summed E-state index contributed by atoms with van der Waals surface area (Å²) in [5.41, 5.74) is -2.61. The maximum absolute atomic E-state index is 14.8. The zero-order valence-electron chi connectivity index (χ0n) is 28.3. The van der Waals surface area contributed by atoms with Crippen LogP contribution in [0.5, 0.6) is 5.88 Å². The molecule has 3 aromatic rings. The highest BCUT2D eigenvalue weighted by atomic mass is 31.2. The smallest absolute Gasteiger partial charge is 0.351 e. The van der Waals surface area contributed by atoms with E-state index in [1.165, 1.54) is 26.3 Å². The first-order valence-corrected chi connectivity index (χ1v) is 17.9. The monoisotopic (exact) mass is 714 g/mol. The molecule has 0 bridgehead atoms. The number of carbonyl (C=O) groups excluding carboxylic acids is 2. The molecule has 1 aliphatic heterocycles. The maximum Gasteiger partial charge on any atom is 0.351 e. The number of benzene rings is 2. The van der Waals surface area contributed by atoms with Gasteiger partial charge in [-0.2, -0.15) is 4.98 Å². The number of fused-ring (bicyclic) bond motifs is 1. The van der Waals surface area contributed by atoms with Crippen LogP contribution in [0.15, 0.2) is 77.7 Å². The minimum absolute atomic E-state index is 0.0527. The van der Waals surface area contributed by atoms with E-state index in [0.29, 0.717) is 0 Å². The van der Waals surface area contributed by atoms with Crippen LogP contribution < -0.4 is 20.6 Å². The third-order valence-electron chi connectivity index (χ3n) is 8.92. The van der Waals surface area contributed by atoms with Gasteiger partial charge in [0.25, 0.3) is 0 Å². The first-order chi connectivity index (χ1) is 23.9. The highest BCUT2D eigenvalue weighted by Crippen LogP contribution is 2.67. The van der Waals surface area contributed by atoms with Crippen molar-refractivity contribution >= 4 is 19.6 Å². The van der Waals surface area contributed by atoms with Crippen LogP contribution in [0.1, 0.15) is 37.9 Å². The van der Waals surface area contributed by atoms with Gasteiger partial charge in [-0.05, 0) is 44.7 Å². The first kappa shape index (κ1) is 37.3. The predicted octanol–water partition coefficient (Wildman–Crippen LogP) is 1.71. The van der Waals surface area contributed by atoms with Gasteiger partial charge in [-0.15, -0.1) is 0 Å². The van der Waals surface area contributed by atoms with Crippen LogP contribution in [0.2, 0.25) is 0 Å². The van der Waals surface area contributed by atoms with Crippen molar-refractivity contribution in [1.82, 2.24) is 19.7 Å². The van der Waals surface area contributed by atoms with E-state index >= 15 is 0 Å². The maximum atomic E-state index is 14.8. The molecule has 1 saturated heterocycles. The third kappa shape index (κ3) is 7.69. The number of esters is 2. The van der Waals surface area contributed by atoms with Crippen LogP contribution in [-0.2, 0) is 45.7 Å². The van der Waals surface area contributed by atoms with E-state index in [4.69, 9.17) is 23.5 Å². The lowest BCUT2D eigenvalue weighted by atomic mass is 10.1. The number of aromatic nitrogens is 2. The van der Waals surface area contributed by atoms with E-state index in [1.54, 1.807) is 62.4 Å². The number of nitrogens with one attached hydrogen (secondary N) is 2. The normalized spacial score (nSPS) is 26.2. The van der Waals surface area contributed by atoms with Gasteiger partial charge in [-0.25, -0.2) is 15.0 Å². The van der Waals surface area contributed by atoms with E-state index in [-0.39, 0.29) is 31.9 Å². The minimum atomic E-state index is -4.43. The fourth-order valence-corrected chi connectivity index (χ4v) is 8.21. The molecule has 7 unspecified atom stereocenters. The van der Waals surface area contributed by atoms with Crippen molar-refractivity contribution in [1.29, 1.82) is 0 Å². The number of hydrogen-bond acceptors (Lipinski definition) is 12. The van der Waals surface area contributed by atoms with Crippen LogP contribution in [-0.4, -0.2) is 94.1 Å². The van der Waals surface area contributed by atoms with Crippen molar-refractivity contribution in [2.24, 2.45) is 0 Å². The molecule has 2 heterocycles. The Morgan fingerprint density at radius 3 is 1.90 bits per heavy atom. The zero-order valence-corrected chi connectivity index (χ0v) is 29.2. The molecule has 1 aromatic heterocycles. The quantitative estimate of drug-likeness (QED) is 0.117. The summed E-state index contributed by atoms with van der Waals surface area (Å²) in [7, 11) is -3.07. The summed E-state index contributed by atoms with van der Waals surface area (Å²) in [6.45, 7) is 4.36. The van der Waals surface area contributed by atoms with Crippen molar-refractivity contribution in [2.45, 2.75) is 75.1 Å². The summed E-state index contributed by atoms with van der Waals surface area (Å²) in [6, 6.07) is 16.0. The minimum Gasteiger partial charge on any atom is -0.481 e. The average molecular weight is 715 g/mol. The van der Waals surface area contributed by atoms with Gasteiger partial charge in [0, 0.05) is 12.3 Å². The Bertz CT molecular complexity index is 1680. The Morgan fingerprint density at radius 1 is 0.960 bits per heavy atom. The van der Waals surface area contributed by atoms with Gasteiger partial charge in [-0.1, -0.05) is 60.7 Å². The predicted molar refractivity (Wildman–Crippen MR) is 179 cm³/mol. The molecule has 0 radical (unpaired) electrons. The number of aliphatic hydroxyl groups excluding tert-OH is 1. The molecule has 0 spiro atoms. The molecule has 2 fully saturated rings. The lowest BCUT2D eigenvalue weighted by Gasteiger charge is -2.30. The molecular formula is C34H43N4O11P. The fraction of sp³-hybridized carbons (Fsp3) is 0.471. The standard InChI is InChI=1S/C34H43N4O11P/c1-5-46-29(40)24(19-22-13-9-7-10-14-22)36-50(44,37-25(30(41)47-6-2)20-23-15-11-8-12-16-23)48-21-26-28(39)34(43)31(33(34,3)49-26)38-18-17-27(45-4)35-32(38)42/h7-18,24-26,28,31,39,43H,5-6,19-21H2,1-4H3,(H2,36,37,44). The molecule has 7 atom stereocenters. The molecule has 4 N–H and O–H groups in total. The number of aliphatic hydroxyl groups is 2. The largest absolute Gasteiger partial charge is 0.481 e. The SMILES string of the molecule is CCOC(=O)C(Cc1ccccc1)NP(=O)(NC(Cc1ccccc1)C(=O)OCC)OCC1OC2(C)C(n3ccc(OC)nc3=O)C2(O)C1O. The summed E-state index contributed by atoms with van der Waals surface area (Å²) in [6.07, 6.45) is -1.33. The highest BCUT2D eigenvalue weighted by Gasteiger charge is 2.85. The topological polar surface area (TPSA) is 197 Å².